The van der Waals surface area contributed by atoms with E-state index in [0.29, 0.717) is 24.9 Å². The van der Waals surface area contributed by atoms with Crippen LogP contribution in [0.2, 0.25) is 0 Å². The summed E-state index contributed by atoms with van der Waals surface area (Å²) in [6.45, 7) is 6.98. The number of thioether (sulfide) groups is 1. The molecule has 1 aliphatic rings. The molecular formula is C18H22N4O2S. The van der Waals surface area contributed by atoms with E-state index in [2.05, 4.69) is 22.1 Å². The van der Waals surface area contributed by atoms with Crippen LogP contribution < -0.4 is 10.1 Å². The summed E-state index contributed by atoms with van der Waals surface area (Å²) in [5.74, 6) is 1.97. The van der Waals surface area contributed by atoms with Crippen LogP contribution in [-0.2, 0) is 11.3 Å². The standard InChI is InChI=1S/C18H22N4O2S/c1-3-11-22-17(13-5-9-15(10-6-13)24-4-2)20-21-18(22)25-12-16(23)19-14-7-8-14/h3,5-6,9-10,14H,1,4,7-8,11-12H2,2H3,(H,19,23). The van der Waals surface area contributed by atoms with E-state index in [9.17, 15) is 4.79 Å². The molecular weight excluding hydrogens is 336 g/mol. The molecule has 1 fully saturated rings. The Labute approximate surface area is 151 Å². The fourth-order valence-electron chi connectivity index (χ4n) is 2.40. The molecule has 0 spiro atoms. The highest BCUT2D eigenvalue weighted by Crippen LogP contribution is 2.26. The molecule has 1 saturated carbocycles. The minimum absolute atomic E-state index is 0.0447. The van der Waals surface area contributed by atoms with E-state index in [4.69, 9.17) is 4.74 Å². The van der Waals surface area contributed by atoms with Crippen molar-refractivity contribution in [3.05, 3.63) is 36.9 Å². The lowest BCUT2D eigenvalue weighted by molar-refractivity contribution is -0.118. The Morgan fingerprint density at radius 1 is 1.40 bits per heavy atom. The molecule has 0 radical (unpaired) electrons. The molecule has 1 aromatic carbocycles. The van der Waals surface area contributed by atoms with Gasteiger partial charge in [-0.25, -0.2) is 0 Å². The molecule has 2 aromatic rings. The van der Waals surface area contributed by atoms with Crippen LogP contribution in [0, 0.1) is 0 Å². The first-order chi connectivity index (χ1) is 12.2. The van der Waals surface area contributed by atoms with Gasteiger partial charge in [-0.1, -0.05) is 17.8 Å². The van der Waals surface area contributed by atoms with Crippen LogP contribution >= 0.6 is 11.8 Å². The van der Waals surface area contributed by atoms with Gasteiger partial charge >= 0.3 is 0 Å². The number of hydrogen-bond donors (Lipinski definition) is 1. The maximum atomic E-state index is 11.9. The van der Waals surface area contributed by atoms with Gasteiger partial charge in [-0.2, -0.15) is 0 Å². The van der Waals surface area contributed by atoms with Crippen LogP contribution in [0.25, 0.3) is 11.4 Å². The molecule has 25 heavy (non-hydrogen) atoms. The van der Waals surface area contributed by atoms with E-state index >= 15 is 0 Å². The number of allylic oxidation sites excluding steroid dienone is 1. The molecule has 132 valence electrons. The van der Waals surface area contributed by atoms with Gasteiger partial charge in [-0.3, -0.25) is 9.36 Å². The molecule has 6 nitrogen and oxygen atoms in total. The zero-order valence-corrected chi connectivity index (χ0v) is 15.1. The Balaban J connectivity index is 1.73. The van der Waals surface area contributed by atoms with Gasteiger partial charge in [-0.05, 0) is 44.0 Å². The maximum absolute atomic E-state index is 11.9. The number of hydrogen-bond acceptors (Lipinski definition) is 5. The van der Waals surface area contributed by atoms with Gasteiger partial charge in [-0.15, -0.1) is 16.8 Å². The van der Waals surface area contributed by atoms with Gasteiger partial charge in [0.25, 0.3) is 0 Å². The molecule has 1 aliphatic carbocycles. The summed E-state index contributed by atoms with van der Waals surface area (Å²) in [5.41, 5.74) is 0.951. The van der Waals surface area contributed by atoms with Crippen molar-refractivity contribution >= 4 is 17.7 Å². The molecule has 3 rings (SSSR count). The molecule has 0 saturated heterocycles. The van der Waals surface area contributed by atoms with Crippen molar-refractivity contribution in [3.8, 4) is 17.1 Å². The van der Waals surface area contributed by atoms with Gasteiger partial charge in [0.1, 0.15) is 5.75 Å². The van der Waals surface area contributed by atoms with E-state index in [1.54, 1.807) is 6.08 Å². The summed E-state index contributed by atoms with van der Waals surface area (Å²) in [5, 5.41) is 12.3. The number of nitrogens with one attached hydrogen (secondary N) is 1. The summed E-state index contributed by atoms with van der Waals surface area (Å²) in [6.07, 6.45) is 3.98. The Morgan fingerprint density at radius 3 is 2.80 bits per heavy atom. The first-order valence-corrected chi connectivity index (χ1v) is 9.39. The minimum atomic E-state index is 0.0447. The number of aromatic nitrogens is 3. The van der Waals surface area contributed by atoms with Crippen molar-refractivity contribution in [1.29, 1.82) is 0 Å². The fourth-order valence-corrected chi connectivity index (χ4v) is 3.16. The van der Waals surface area contributed by atoms with Gasteiger partial charge in [0.05, 0.1) is 12.4 Å². The summed E-state index contributed by atoms with van der Waals surface area (Å²) in [6, 6.07) is 8.13. The number of ether oxygens (including phenoxy) is 1. The molecule has 0 bridgehead atoms. The van der Waals surface area contributed by atoms with Gasteiger partial charge < -0.3 is 10.1 Å². The lowest BCUT2D eigenvalue weighted by Gasteiger charge is -2.09. The zero-order chi connectivity index (χ0) is 17.6. The number of rotatable bonds is 9. The molecule has 1 N–H and O–H groups in total. The highest BCUT2D eigenvalue weighted by Gasteiger charge is 2.23. The SMILES string of the molecule is C=CCn1c(SCC(=O)NC2CC2)nnc1-c1ccc(OCC)cc1. The van der Waals surface area contributed by atoms with E-state index in [1.165, 1.54) is 11.8 Å². The smallest absolute Gasteiger partial charge is 0.230 e. The number of amides is 1. The normalized spacial score (nSPS) is 13.5. The molecule has 0 atom stereocenters. The Hall–Kier alpha value is -2.28. The van der Waals surface area contributed by atoms with Crippen LogP contribution in [0.3, 0.4) is 0 Å². The fraction of sp³-hybridized carbons (Fsp3) is 0.389. The van der Waals surface area contributed by atoms with E-state index in [0.717, 1.165) is 35.1 Å². The Kier molecular flexibility index (Phi) is 5.75. The average molecular weight is 358 g/mol. The van der Waals surface area contributed by atoms with Crippen LogP contribution in [0.15, 0.2) is 42.1 Å². The molecule has 0 aliphatic heterocycles. The molecule has 1 heterocycles. The van der Waals surface area contributed by atoms with Crippen molar-refractivity contribution in [2.24, 2.45) is 0 Å². The van der Waals surface area contributed by atoms with Crippen LogP contribution in [-0.4, -0.2) is 39.1 Å². The van der Waals surface area contributed by atoms with Crippen molar-refractivity contribution in [2.45, 2.75) is 37.5 Å². The minimum Gasteiger partial charge on any atom is -0.494 e. The maximum Gasteiger partial charge on any atom is 0.230 e. The summed E-state index contributed by atoms with van der Waals surface area (Å²) in [7, 11) is 0. The van der Waals surface area contributed by atoms with E-state index < -0.39 is 0 Å². The highest BCUT2D eigenvalue weighted by molar-refractivity contribution is 7.99. The van der Waals surface area contributed by atoms with Crippen LogP contribution in [0.4, 0.5) is 0 Å². The summed E-state index contributed by atoms with van der Waals surface area (Å²) >= 11 is 1.40. The van der Waals surface area contributed by atoms with Crippen molar-refractivity contribution < 1.29 is 9.53 Å². The Morgan fingerprint density at radius 2 is 2.16 bits per heavy atom. The number of nitrogens with zero attached hydrogens (tertiary/aromatic N) is 3. The number of carbonyl (C=O) groups excluding carboxylic acids is 1. The van der Waals surface area contributed by atoms with Gasteiger partial charge in [0.15, 0.2) is 11.0 Å². The van der Waals surface area contributed by atoms with Crippen LogP contribution in [0.5, 0.6) is 5.75 Å². The van der Waals surface area contributed by atoms with Crippen molar-refractivity contribution in [2.75, 3.05) is 12.4 Å². The second-order valence-electron chi connectivity index (χ2n) is 5.79. The predicted molar refractivity (Wildman–Crippen MR) is 98.7 cm³/mol. The molecule has 7 heteroatoms. The summed E-state index contributed by atoms with van der Waals surface area (Å²) < 4.78 is 7.44. The van der Waals surface area contributed by atoms with E-state index in [-0.39, 0.29) is 5.91 Å². The number of benzene rings is 1. The first-order valence-electron chi connectivity index (χ1n) is 8.40. The van der Waals surface area contributed by atoms with Gasteiger partial charge in [0.2, 0.25) is 5.91 Å². The van der Waals surface area contributed by atoms with E-state index in [1.807, 2.05) is 35.8 Å². The highest BCUT2D eigenvalue weighted by atomic mass is 32.2. The van der Waals surface area contributed by atoms with Gasteiger partial charge in [0, 0.05) is 18.2 Å². The lowest BCUT2D eigenvalue weighted by Crippen LogP contribution is -2.27. The monoisotopic (exact) mass is 358 g/mol. The van der Waals surface area contributed by atoms with Crippen LogP contribution in [0.1, 0.15) is 19.8 Å². The third-order valence-corrected chi connectivity index (χ3v) is 4.69. The molecule has 1 aromatic heterocycles. The van der Waals surface area contributed by atoms with Crippen molar-refractivity contribution in [3.63, 3.8) is 0 Å². The average Bonchev–Trinajstić information content (AvgIpc) is 3.33. The second-order valence-corrected chi connectivity index (χ2v) is 6.74. The largest absolute Gasteiger partial charge is 0.494 e. The quantitative estimate of drug-likeness (QED) is 0.551. The zero-order valence-electron chi connectivity index (χ0n) is 14.3. The third kappa shape index (κ3) is 4.63. The van der Waals surface area contributed by atoms with Crippen molar-refractivity contribution in [1.82, 2.24) is 20.1 Å². The molecule has 0 unspecified atom stereocenters. The topological polar surface area (TPSA) is 69.0 Å². The summed E-state index contributed by atoms with van der Waals surface area (Å²) in [4.78, 5) is 11.9. The Bertz CT molecular complexity index is 738. The third-order valence-electron chi connectivity index (χ3n) is 3.73. The molecule has 1 amide bonds. The first kappa shape index (κ1) is 17.5. The lowest BCUT2D eigenvalue weighted by atomic mass is 10.2. The predicted octanol–water partition coefficient (Wildman–Crippen LogP) is 2.90. The number of carbonyl (C=O) groups is 1. The second kappa shape index (κ2) is 8.20.